The van der Waals surface area contributed by atoms with Crippen LogP contribution < -0.4 is 14.3 Å². The van der Waals surface area contributed by atoms with Crippen LogP contribution in [0.3, 0.4) is 0 Å². The van der Waals surface area contributed by atoms with Crippen molar-refractivity contribution in [3.63, 3.8) is 0 Å². The Morgan fingerprint density at radius 1 is 0.731 bits per heavy atom. The topological polar surface area (TPSA) is 25.8 Å². The quantitative estimate of drug-likeness (QED) is 0.121. The van der Waals surface area contributed by atoms with Crippen molar-refractivity contribution >= 4 is 46.2 Å². The van der Waals surface area contributed by atoms with E-state index in [1.165, 1.54) is 0 Å². The summed E-state index contributed by atoms with van der Waals surface area (Å²) in [4.78, 5) is 0. The van der Waals surface area contributed by atoms with Crippen LogP contribution in [0.4, 0.5) is 4.39 Å². The van der Waals surface area contributed by atoms with Crippen molar-refractivity contribution in [3.05, 3.63) is 191 Å². The van der Waals surface area contributed by atoms with Gasteiger partial charge < -0.3 is 4.42 Å². The van der Waals surface area contributed by atoms with Crippen LogP contribution in [-0.4, -0.2) is 12.6 Å². The SMILES string of the molecule is [2H]C([2H])(c1cc2[n+](cc1[Si](C)(C)C)C1(c3cc4oc5c(-c6ccccc6)cccc5c4cc3-c3n(-c4c(-c5ccccc5)cc(F)cc4C(C)(C)C)c4ccccc4[n+]31)c1cccc(C)c1-2)C(C)C. The highest BCUT2D eigenvalue weighted by Gasteiger charge is 2.67. The standard InChI is InChI=1S/C61H56FN3OSi/c1-37(2)30-41-31-53-56-38(3)20-18-27-48(56)61(63(53)36-55(41)67(7,8)9)49-35-54-46(44-26-19-25-43(58(44)66-54)39-21-12-10-13-22-39)34-47(49)59-64(51-28-16-17-29-52(51)65(59)61)57-45(40-23-14-11-15-24-40)32-42(62)33-50(57)60(4,5)6/h10-29,31-37H,30H2,1-9H3/q+2/i30D2. The third-order valence-corrected chi connectivity index (χ3v) is 16.2. The summed E-state index contributed by atoms with van der Waals surface area (Å²) in [6.45, 7) is 19.7. The van der Waals surface area contributed by atoms with Crippen LogP contribution in [0.1, 0.15) is 65.2 Å². The van der Waals surface area contributed by atoms with Gasteiger partial charge in [-0.3, -0.25) is 0 Å². The summed E-state index contributed by atoms with van der Waals surface area (Å²) in [5.74, 6) is 0.448. The zero-order valence-corrected chi connectivity index (χ0v) is 40.7. The lowest BCUT2D eigenvalue weighted by Gasteiger charge is -2.24. The molecule has 5 heterocycles. The lowest BCUT2D eigenvalue weighted by Crippen LogP contribution is -2.72. The number of aryl methyl sites for hydroxylation is 1. The van der Waals surface area contributed by atoms with E-state index in [1.807, 2.05) is 38.1 Å². The number of furan rings is 1. The summed E-state index contributed by atoms with van der Waals surface area (Å²) < 4.78 is 50.4. The van der Waals surface area contributed by atoms with Gasteiger partial charge in [0.2, 0.25) is 5.69 Å². The summed E-state index contributed by atoms with van der Waals surface area (Å²) in [5.41, 5.74) is 15.0. The predicted octanol–water partition coefficient (Wildman–Crippen LogP) is 14.2. The molecule has 3 aromatic heterocycles. The highest BCUT2D eigenvalue weighted by molar-refractivity contribution is 6.89. The van der Waals surface area contributed by atoms with Gasteiger partial charge in [0.1, 0.15) is 22.7 Å². The maximum atomic E-state index is 16.4. The van der Waals surface area contributed by atoms with Crippen LogP contribution in [0.2, 0.25) is 19.6 Å². The number of rotatable bonds is 6. The molecule has 0 aliphatic carbocycles. The first kappa shape index (κ1) is 39.3. The molecular weight excluding hydrogens is 838 g/mol. The summed E-state index contributed by atoms with van der Waals surface area (Å²) in [6, 6.07) is 52.7. The number of para-hydroxylation sites is 3. The van der Waals surface area contributed by atoms with Crippen molar-refractivity contribution in [3.8, 4) is 50.6 Å². The van der Waals surface area contributed by atoms with Crippen molar-refractivity contribution in [1.82, 2.24) is 4.57 Å². The Labute approximate surface area is 396 Å². The molecule has 2 aliphatic rings. The highest BCUT2D eigenvalue weighted by atomic mass is 28.3. The molecule has 6 heteroatoms. The molecule has 1 unspecified atom stereocenters. The molecule has 330 valence electrons. The molecule has 2 aliphatic heterocycles. The van der Waals surface area contributed by atoms with E-state index in [2.05, 4.69) is 182 Å². The van der Waals surface area contributed by atoms with Crippen LogP contribution in [-0.2, 0) is 17.5 Å². The van der Waals surface area contributed by atoms with E-state index in [1.54, 1.807) is 12.1 Å². The minimum atomic E-state index is -2.26. The van der Waals surface area contributed by atoms with Gasteiger partial charge in [-0.2, -0.15) is 4.57 Å². The molecule has 0 saturated heterocycles. The van der Waals surface area contributed by atoms with Crippen LogP contribution in [0.25, 0.3) is 83.6 Å². The fourth-order valence-corrected chi connectivity index (χ4v) is 12.9. The number of imidazole rings is 1. The second-order valence-corrected chi connectivity index (χ2v) is 26.1. The molecule has 1 atom stereocenters. The lowest BCUT2D eigenvalue weighted by molar-refractivity contribution is -0.944. The molecule has 0 fully saturated rings. The fourth-order valence-electron chi connectivity index (χ4n) is 11.5. The van der Waals surface area contributed by atoms with Gasteiger partial charge in [0.15, 0.2) is 17.2 Å². The number of nitrogens with zero attached hydrogens (tertiary/aromatic N) is 3. The average Bonchev–Trinajstić information content (AvgIpc) is 4.03. The Balaban J connectivity index is 1.33. The summed E-state index contributed by atoms with van der Waals surface area (Å²) in [6.07, 6.45) is 0.751. The number of benzene rings is 7. The number of hydrogen-bond acceptors (Lipinski definition) is 1. The van der Waals surface area contributed by atoms with Crippen LogP contribution in [0.15, 0.2) is 162 Å². The van der Waals surface area contributed by atoms with E-state index < -0.39 is 25.5 Å². The molecule has 67 heavy (non-hydrogen) atoms. The van der Waals surface area contributed by atoms with Gasteiger partial charge in [-0.15, -0.1) is 9.13 Å². The average molecular weight is 896 g/mol. The Morgan fingerprint density at radius 3 is 2.12 bits per heavy atom. The highest BCUT2D eigenvalue weighted by Crippen LogP contribution is 2.53. The van der Waals surface area contributed by atoms with Gasteiger partial charge in [0, 0.05) is 41.5 Å². The first-order chi connectivity index (χ1) is 32.9. The first-order valence-corrected chi connectivity index (χ1v) is 27.1. The van der Waals surface area contributed by atoms with E-state index in [4.69, 9.17) is 4.42 Å². The smallest absolute Gasteiger partial charge is 0.364 e. The number of halogens is 1. The number of aromatic nitrogens is 3. The second-order valence-electron chi connectivity index (χ2n) is 21.1. The van der Waals surface area contributed by atoms with Crippen molar-refractivity contribution in [1.29, 1.82) is 0 Å². The number of pyridine rings is 1. The molecular formula is C61H56FN3OSi+2. The summed E-state index contributed by atoms with van der Waals surface area (Å²) in [5, 5.41) is 3.13. The Kier molecular flexibility index (Phi) is 8.53. The first-order valence-electron chi connectivity index (χ1n) is 24.6. The number of fused-ring (bicyclic) bond motifs is 15. The van der Waals surface area contributed by atoms with E-state index in [-0.39, 0.29) is 11.7 Å². The fraction of sp³-hybridized carbons (Fsp3) is 0.213. The van der Waals surface area contributed by atoms with Crippen LogP contribution >= 0.6 is 0 Å². The normalized spacial score (nSPS) is 15.9. The number of hydrogen-bond donors (Lipinski definition) is 0. The van der Waals surface area contributed by atoms with E-state index >= 15 is 4.39 Å². The maximum absolute atomic E-state index is 16.4. The largest absolute Gasteiger partial charge is 0.455 e. The Morgan fingerprint density at radius 2 is 1.42 bits per heavy atom. The van der Waals surface area contributed by atoms with Gasteiger partial charge in [-0.05, 0) is 89.3 Å². The van der Waals surface area contributed by atoms with Crippen molar-refractivity contribution < 1.29 is 20.7 Å². The van der Waals surface area contributed by atoms with Crippen molar-refractivity contribution in [2.24, 2.45) is 5.92 Å². The molecule has 1 spiro atoms. The Hall–Kier alpha value is -6.89. The molecule has 0 N–H and O–H groups in total. The zero-order valence-electron chi connectivity index (χ0n) is 41.7. The molecule has 10 aromatic rings. The van der Waals surface area contributed by atoms with E-state index in [9.17, 15) is 2.74 Å². The maximum Gasteiger partial charge on any atom is 0.364 e. The molecule has 4 nitrogen and oxygen atoms in total. The van der Waals surface area contributed by atoms with Gasteiger partial charge in [0.05, 0.1) is 30.3 Å². The molecule has 0 saturated carbocycles. The molecule has 12 rings (SSSR count). The second kappa shape index (κ2) is 14.6. The molecule has 0 amide bonds. The third-order valence-electron chi connectivity index (χ3n) is 14.2. The van der Waals surface area contributed by atoms with Gasteiger partial charge >= 0.3 is 11.5 Å². The lowest BCUT2D eigenvalue weighted by atomic mass is 9.83. The Bertz CT molecular complexity index is 3780. The predicted molar refractivity (Wildman–Crippen MR) is 276 cm³/mol. The summed E-state index contributed by atoms with van der Waals surface area (Å²) >= 11 is 0. The van der Waals surface area contributed by atoms with Gasteiger partial charge in [-0.25, -0.2) is 4.39 Å². The summed E-state index contributed by atoms with van der Waals surface area (Å²) in [7, 11) is -2.26. The van der Waals surface area contributed by atoms with Gasteiger partial charge in [-0.1, -0.05) is 157 Å². The van der Waals surface area contributed by atoms with Gasteiger partial charge in [0.25, 0.3) is 0 Å². The third kappa shape index (κ3) is 5.94. The zero-order chi connectivity index (χ0) is 48.1. The van der Waals surface area contributed by atoms with Crippen LogP contribution in [0, 0.1) is 18.7 Å². The van der Waals surface area contributed by atoms with Crippen molar-refractivity contribution in [2.75, 3.05) is 0 Å². The van der Waals surface area contributed by atoms with E-state index in [0.717, 1.165) is 117 Å². The monoisotopic (exact) mass is 895 g/mol. The van der Waals surface area contributed by atoms with Crippen LogP contribution in [0.5, 0.6) is 0 Å². The molecule has 0 radical (unpaired) electrons. The molecule has 7 aromatic carbocycles. The molecule has 0 bridgehead atoms. The van der Waals surface area contributed by atoms with E-state index in [0.29, 0.717) is 0 Å². The minimum Gasteiger partial charge on any atom is -0.455 e. The van der Waals surface area contributed by atoms with Crippen molar-refractivity contribution in [2.45, 2.75) is 78.6 Å². The minimum absolute atomic E-state index is 0.248.